The van der Waals surface area contributed by atoms with E-state index >= 15 is 0 Å². The van der Waals surface area contributed by atoms with Crippen molar-refractivity contribution in [3.63, 3.8) is 0 Å². The van der Waals surface area contributed by atoms with Crippen LogP contribution in [0.5, 0.6) is 0 Å². The molecule has 1 fully saturated rings. The molecule has 1 heterocycles. The first-order valence-electron chi connectivity index (χ1n) is 6.43. The lowest BCUT2D eigenvalue weighted by Crippen LogP contribution is -2.49. The maximum atomic E-state index is 11.6. The third kappa shape index (κ3) is 4.52. The van der Waals surface area contributed by atoms with Crippen LogP contribution in [-0.4, -0.2) is 36.5 Å². The molecule has 94 valence electrons. The minimum absolute atomic E-state index is 0.294. The second kappa shape index (κ2) is 5.67. The Morgan fingerprint density at radius 1 is 1.44 bits per heavy atom. The van der Waals surface area contributed by atoms with E-state index in [-0.39, 0.29) is 0 Å². The Kier molecular flexibility index (Phi) is 4.78. The van der Waals surface area contributed by atoms with Gasteiger partial charge >= 0.3 is 0 Å². The van der Waals surface area contributed by atoms with Crippen molar-refractivity contribution < 1.29 is 4.79 Å². The van der Waals surface area contributed by atoms with Crippen molar-refractivity contribution in [3.8, 4) is 0 Å². The summed E-state index contributed by atoms with van der Waals surface area (Å²) in [6.07, 6.45) is 2.96. The van der Waals surface area contributed by atoms with Gasteiger partial charge in [-0.15, -0.1) is 0 Å². The number of carbonyl (C=O) groups excluding carboxylic acids is 1. The fraction of sp³-hybridized carbons (Fsp3) is 0.923. The molecule has 1 aliphatic heterocycles. The topological polar surface area (TPSA) is 32.3 Å². The Hall–Kier alpha value is -0.570. The van der Waals surface area contributed by atoms with Crippen LogP contribution in [0, 0.1) is 5.41 Å². The summed E-state index contributed by atoms with van der Waals surface area (Å²) >= 11 is 0. The van der Waals surface area contributed by atoms with Crippen molar-refractivity contribution in [2.45, 2.75) is 53.0 Å². The fourth-order valence-corrected chi connectivity index (χ4v) is 2.04. The van der Waals surface area contributed by atoms with E-state index in [9.17, 15) is 4.79 Å². The third-order valence-electron chi connectivity index (χ3n) is 3.00. The molecule has 0 aromatic carbocycles. The summed E-state index contributed by atoms with van der Waals surface area (Å²) in [6, 6.07) is 0.489. The van der Waals surface area contributed by atoms with E-state index in [0.717, 1.165) is 26.1 Å². The average Bonchev–Trinajstić information content (AvgIpc) is 2.25. The van der Waals surface area contributed by atoms with Gasteiger partial charge in [0.05, 0.1) is 0 Å². The van der Waals surface area contributed by atoms with Gasteiger partial charge in [0, 0.05) is 32.1 Å². The Bertz CT molecular complexity index is 233. The van der Waals surface area contributed by atoms with Gasteiger partial charge in [0.2, 0.25) is 5.91 Å². The van der Waals surface area contributed by atoms with E-state index in [0.29, 0.717) is 23.8 Å². The molecule has 3 heteroatoms. The van der Waals surface area contributed by atoms with Crippen LogP contribution in [0.25, 0.3) is 0 Å². The van der Waals surface area contributed by atoms with Crippen LogP contribution >= 0.6 is 0 Å². The van der Waals surface area contributed by atoms with E-state index in [1.807, 2.05) is 11.8 Å². The largest absolute Gasteiger partial charge is 0.341 e. The second-order valence-electron chi connectivity index (χ2n) is 5.97. The summed E-state index contributed by atoms with van der Waals surface area (Å²) in [5.41, 5.74) is 0.317. The molecule has 0 spiro atoms. The zero-order valence-corrected chi connectivity index (χ0v) is 11.2. The Morgan fingerprint density at radius 2 is 2.12 bits per heavy atom. The number of rotatable bonds is 3. The molecule has 1 amide bonds. The van der Waals surface area contributed by atoms with Gasteiger partial charge in [0.15, 0.2) is 0 Å². The molecule has 0 bridgehead atoms. The zero-order valence-electron chi connectivity index (χ0n) is 11.2. The van der Waals surface area contributed by atoms with Gasteiger partial charge < -0.3 is 10.2 Å². The first-order valence-corrected chi connectivity index (χ1v) is 6.43. The molecule has 1 N–H and O–H groups in total. The number of carbonyl (C=O) groups is 1. The highest BCUT2D eigenvalue weighted by atomic mass is 16.2. The summed E-state index contributed by atoms with van der Waals surface area (Å²) in [5.74, 6) is 0.294. The summed E-state index contributed by atoms with van der Waals surface area (Å²) < 4.78 is 0. The molecule has 1 unspecified atom stereocenters. The number of hydrogen-bond donors (Lipinski definition) is 1. The number of amides is 1. The van der Waals surface area contributed by atoms with Gasteiger partial charge in [-0.2, -0.15) is 0 Å². The molecule has 1 saturated heterocycles. The predicted octanol–water partition coefficient (Wildman–Crippen LogP) is 2.02. The van der Waals surface area contributed by atoms with Crippen LogP contribution in [0.4, 0.5) is 0 Å². The van der Waals surface area contributed by atoms with Crippen molar-refractivity contribution in [1.82, 2.24) is 10.2 Å². The van der Waals surface area contributed by atoms with Crippen LogP contribution in [0.2, 0.25) is 0 Å². The minimum atomic E-state index is 0.294. The van der Waals surface area contributed by atoms with Crippen molar-refractivity contribution in [2.24, 2.45) is 5.41 Å². The highest BCUT2D eigenvalue weighted by molar-refractivity contribution is 5.75. The van der Waals surface area contributed by atoms with Crippen molar-refractivity contribution >= 4 is 5.91 Å². The van der Waals surface area contributed by atoms with Crippen LogP contribution in [0.1, 0.15) is 47.0 Å². The fourth-order valence-electron chi connectivity index (χ4n) is 2.04. The quantitative estimate of drug-likeness (QED) is 0.798. The molecule has 0 aliphatic carbocycles. The van der Waals surface area contributed by atoms with E-state index < -0.39 is 0 Å². The molecule has 16 heavy (non-hydrogen) atoms. The average molecular weight is 226 g/mol. The van der Waals surface area contributed by atoms with Gasteiger partial charge in [-0.05, 0) is 18.3 Å². The Labute approximate surface area is 99.6 Å². The first kappa shape index (κ1) is 13.5. The van der Waals surface area contributed by atoms with E-state index in [1.54, 1.807) is 0 Å². The van der Waals surface area contributed by atoms with Gasteiger partial charge in [0.25, 0.3) is 0 Å². The van der Waals surface area contributed by atoms with Crippen LogP contribution in [-0.2, 0) is 4.79 Å². The molecule has 0 saturated carbocycles. The second-order valence-corrected chi connectivity index (χ2v) is 5.97. The molecular weight excluding hydrogens is 200 g/mol. The van der Waals surface area contributed by atoms with Gasteiger partial charge in [-0.1, -0.05) is 27.7 Å². The van der Waals surface area contributed by atoms with Gasteiger partial charge in [0.1, 0.15) is 0 Å². The molecule has 0 radical (unpaired) electrons. The van der Waals surface area contributed by atoms with Crippen LogP contribution in [0.15, 0.2) is 0 Å². The monoisotopic (exact) mass is 226 g/mol. The number of nitrogens with one attached hydrogen (secondary N) is 1. The lowest BCUT2D eigenvalue weighted by atomic mass is 9.95. The Morgan fingerprint density at radius 3 is 2.69 bits per heavy atom. The number of piperidine rings is 1. The predicted molar refractivity (Wildman–Crippen MR) is 67.4 cm³/mol. The van der Waals surface area contributed by atoms with Crippen molar-refractivity contribution in [2.75, 3.05) is 19.6 Å². The molecule has 1 aliphatic rings. The lowest BCUT2D eigenvalue weighted by molar-refractivity contribution is -0.132. The standard InChI is InChI=1S/C13H26N2O/c1-5-12(16)15-8-6-7-11(9-15)14-10-13(2,3)4/h11,14H,5-10H2,1-4H3. The molecule has 3 nitrogen and oxygen atoms in total. The maximum Gasteiger partial charge on any atom is 0.222 e. The third-order valence-corrected chi connectivity index (χ3v) is 3.00. The van der Waals surface area contributed by atoms with Gasteiger partial charge in [-0.3, -0.25) is 4.79 Å². The number of nitrogens with zero attached hydrogens (tertiary/aromatic N) is 1. The van der Waals surface area contributed by atoms with E-state index in [2.05, 4.69) is 26.1 Å². The summed E-state index contributed by atoms with van der Waals surface area (Å²) in [7, 11) is 0. The molecule has 1 atom stereocenters. The van der Waals surface area contributed by atoms with E-state index in [4.69, 9.17) is 0 Å². The van der Waals surface area contributed by atoms with Crippen molar-refractivity contribution in [1.29, 1.82) is 0 Å². The maximum absolute atomic E-state index is 11.6. The Balaban J connectivity index is 2.36. The molecule has 1 rings (SSSR count). The molecule has 0 aromatic heterocycles. The summed E-state index contributed by atoms with van der Waals surface area (Å²) in [4.78, 5) is 13.6. The highest BCUT2D eigenvalue weighted by Crippen LogP contribution is 2.15. The van der Waals surface area contributed by atoms with E-state index in [1.165, 1.54) is 6.42 Å². The first-order chi connectivity index (χ1) is 7.42. The smallest absolute Gasteiger partial charge is 0.222 e. The van der Waals surface area contributed by atoms with Crippen LogP contribution in [0.3, 0.4) is 0 Å². The molecule has 0 aromatic rings. The highest BCUT2D eigenvalue weighted by Gasteiger charge is 2.23. The number of likely N-dealkylation sites (tertiary alicyclic amines) is 1. The zero-order chi connectivity index (χ0) is 12.2. The normalized spacial score (nSPS) is 22.2. The SMILES string of the molecule is CCC(=O)N1CCCC(NCC(C)(C)C)C1. The lowest BCUT2D eigenvalue weighted by Gasteiger charge is -2.34. The minimum Gasteiger partial charge on any atom is -0.341 e. The number of hydrogen-bond acceptors (Lipinski definition) is 2. The van der Waals surface area contributed by atoms with Gasteiger partial charge in [-0.25, -0.2) is 0 Å². The van der Waals surface area contributed by atoms with Crippen LogP contribution < -0.4 is 5.32 Å². The van der Waals surface area contributed by atoms with Crippen molar-refractivity contribution in [3.05, 3.63) is 0 Å². The summed E-state index contributed by atoms with van der Waals surface area (Å²) in [6.45, 7) is 11.5. The molecular formula is C13H26N2O. The summed E-state index contributed by atoms with van der Waals surface area (Å²) in [5, 5.41) is 3.58.